The second-order valence-electron chi connectivity index (χ2n) is 3.36. The smallest absolute Gasteiger partial charge is 0.129 e. The quantitative estimate of drug-likeness (QED) is 0.681. The van der Waals surface area contributed by atoms with Crippen molar-refractivity contribution >= 4 is 0 Å². The zero-order valence-corrected chi connectivity index (χ0v) is 9.01. The summed E-state index contributed by atoms with van der Waals surface area (Å²) in [5.74, 6) is 0.909. The molecule has 0 unspecified atom stereocenters. The normalized spacial score (nSPS) is 10.7. The molecule has 1 heterocycles. The van der Waals surface area contributed by atoms with Crippen LogP contribution in [0.2, 0.25) is 0 Å². The van der Waals surface area contributed by atoms with Gasteiger partial charge in [0.1, 0.15) is 12.4 Å². The van der Waals surface area contributed by atoms with E-state index in [0.717, 1.165) is 25.3 Å². The summed E-state index contributed by atoms with van der Waals surface area (Å²) >= 11 is 0. The molecule has 3 nitrogen and oxygen atoms in total. The van der Waals surface area contributed by atoms with Gasteiger partial charge in [-0.3, -0.25) is 0 Å². The third-order valence-corrected chi connectivity index (χ3v) is 1.98. The molecule has 0 radical (unpaired) electrons. The minimum atomic E-state index is 0.587. The molecule has 0 saturated heterocycles. The Labute approximate surface area is 85.4 Å². The SMILES string of the molecule is CCCCOCc1cc(CNC)co1. The molecule has 0 amide bonds. The first kappa shape index (κ1) is 11.3. The summed E-state index contributed by atoms with van der Waals surface area (Å²) in [5.41, 5.74) is 1.17. The van der Waals surface area contributed by atoms with Gasteiger partial charge in [0.15, 0.2) is 0 Å². The minimum Gasteiger partial charge on any atom is -0.467 e. The van der Waals surface area contributed by atoms with Crippen molar-refractivity contribution in [2.45, 2.75) is 32.9 Å². The van der Waals surface area contributed by atoms with Gasteiger partial charge in [-0.25, -0.2) is 0 Å². The van der Waals surface area contributed by atoms with Crippen LogP contribution in [0.3, 0.4) is 0 Å². The van der Waals surface area contributed by atoms with Crippen molar-refractivity contribution in [3.05, 3.63) is 23.7 Å². The zero-order chi connectivity index (χ0) is 10.2. The van der Waals surface area contributed by atoms with Crippen LogP contribution in [-0.4, -0.2) is 13.7 Å². The highest BCUT2D eigenvalue weighted by atomic mass is 16.5. The third-order valence-electron chi connectivity index (χ3n) is 1.98. The highest BCUT2D eigenvalue weighted by Gasteiger charge is 2.00. The van der Waals surface area contributed by atoms with Crippen LogP contribution in [0.25, 0.3) is 0 Å². The number of rotatable bonds is 7. The third kappa shape index (κ3) is 3.94. The van der Waals surface area contributed by atoms with Crippen LogP contribution in [-0.2, 0) is 17.9 Å². The Morgan fingerprint density at radius 2 is 2.36 bits per heavy atom. The van der Waals surface area contributed by atoms with Crippen molar-refractivity contribution in [2.75, 3.05) is 13.7 Å². The van der Waals surface area contributed by atoms with Crippen molar-refractivity contribution in [1.29, 1.82) is 0 Å². The van der Waals surface area contributed by atoms with E-state index in [9.17, 15) is 0 Å². The molecule has 0 atom stereocenters. The maximum atomic E-state index is 5.44. The van der Waals surface area contributed by atoms with E-state index in [-0.39, 0.29) is 0 Å². The molecule has 0 aliphatic carbocycles. The number of furan rings is 1. The van der Waals surface area contributed by atoms with Crippen LogP contribution in [0.1, 0.15) is 31.1 Å². The van der Waals surface area contributed by atoms with Crippen molar-refractivity contribution < 1.29 is 9.15 Å². The predicted molar refractivity (Wildman–Crippen MR) is 56.0 cm³/mol. The Morgan fingerprint density at radius 1 is 1.50 bits per heavy atom. The van der Waals surface area contributed by atoms with E-state index in [1.165, 1.54) is 12.0 Å². The highest BCUT2D eigenvalue weighted by molar-refractivity contribution is 5.11. The Kier molecular flexibility index (Phi) is 5.33. The molecule has 1 aromatic rings. The lowest BCUT2D eigenvalue weighted by Crippen LogP contribution is -2.03. The van der Waals surface area contributed by atoms with Gasteiger partial charge in [-0.05, 0) is 19.5 Å². The van der Waals surface area contributed by atoms with E-state index in [1.807, 2.05) is 13.1 Å². The Balaban J connectivity index is 2.22. The van der Waals surface area contributed by atoms with Crippen LogP contribution in [0.4, 0.5) is 0 Å². The van der Waals surface area contributed by atoms with Gasteiger partial charge in [0.2, 0.25) is 0 Å². The van der Waals surface area contributed by atoms with Gasteiger partial charge >= 0.3 is 0 Å². The van der Waals surface area contributed by atoms with Gasteiger partial charge in [0, 0.05) is 18.7 Å². The fraction of sp³-hybridized carbons (Fsp3) is 0.636. The van der Waals surface area contributed by atoms with E-state index in [4.69, 9.17) is 9.15 Å². The molecule has 3 heteroatoms. The molecule has 14 heavy (non-hydrogen) atoms. The zero-order valence-electron chi connectivity index (χ0n) is 9.01. The molecule has 0 fully saturated rings. The lowest BCUT2D eigenvalue weighted by Gasteiger charge is -1.99. The first-order chi connectivity index (χ1) is 6.86. The van der Waals surface area contributed by atoms with Gasteiger partial charge in [-0.2, -0.15) is 0 Å². The number of nitrogens with one attached hydrogen (secondary N) is 1. The van der Waals surface area contributed by atoms with Gasteiger partial charge < -0.3 is 14.5 Å². The summed E-state index contributed by atoms with van der Waals surface area (Å²) in [6.07, 6.45) is 4.06. The molecule has 0 saturated carbocycles. The maximum Gasteiger partial charge on any atom is 0.129 e. The van der Waals surface area contributed by atoms with E-state index >= 15 is 0 Å². The molecule has 1 N–H and O–H groups in total. The lowest BCUT2D eigenvalue weighted by atomic mass is 10.3. The molecule has 1 rings (SSSR count). The Bertz CT molecular complexity index is 245. The fourth-order valence-corrected chi connectivity index (χ4v) is 1.22. The maximum absolute atomic E-state index is 5.44. The molecular formula is C11H19NO2. The number of hydrogen-bond donors (Lipinski definition) is 1. The van der Waals surface area contributed by atoms with Gasteiger partial charge in [0.05, 0.1) is 6.26 Å². The fourth-order valence-electron chi connectivity index (χ4n) is 1.22. The number of hydrogen-bond acceptors (Lipinski definition) is 3. The summed E-state index contributed by atoms with van der Waals surface area (Å²) in [4.78, 5) is 0. The van der Waals surface area contributed by atoms with E-state index < -0.39 is 0 Å². The molecular weight excluding hydrogens is 178 g/mol. The number of ether oxygens (including phenoxy) is 1. The van der Waals surface area contributed by atoms with Crippen LogP contribution >= 0.6 is 0 Å². The molecule has 0 spiro atoms. The average molecular weight is 197 g/mol. The van der Waals surface area contributed by atoms with Crippen LogP contribution in [0.5, 0.6) is 0 Å². The first-order valence-corrected chi connectivity index (χ1v) is 5.15. The van der Waals surface area contributed by atoms with Crippen molar-refractivity contribution in [1.82, 2.24) is 5.32 Å². The number of unbranched alkanes of at least 4 members (excludes halogenated alkanes) is 1. The average Bonchev–Trinajstić information content (AvgIpc) is 2.61. The summed E-state index contributed by atoms with van der Waals surface area (Å²) < 4.78 is 10.8. The summed E-state index contributed by atoms with van der Waals surface area (Å²) in [7, 11) is 1.92. The van der Waals surface area contributed by atoms with Gasteiger partial charge in [-0.1, -0.05) is 13.3 Å². The summed E-state index contributed by atoms with van der Waals surface area (Å²) in [6.45, 7) is 4.40. The molecule has 80 valence electrons. The standard InChI is InChI=1S/C11H19NO2/c1-3-4-5-13-9-11-6-10(7-12-2)8-14-11/h6,8,12H,3-5,7,9H2,1-2H3. The molecule has 1 aromatic heterocycles. The van der Waals surface area contributed by atoms with E-state index in [0.29, 0.717) is 6.61 Å². The lowest BCUT2D eigenvalue weighted by molar-refractivity contribution is 0.104. The molecule has 0 bridgehead atoms. The second kappa shape index (κ2) is 6.62. The second-order valence-corrected chi connectivity index (χ2v) is 3.36. The summed E-state index contributed by atoms with van der Waals surface area (Å²) in [5, 5.41) is 3.07. The molecule has 0 aliphatic heterocycles. The molecule has 0 aromatic carbocycles. The highest BCUT2D eigenvalue weighted by Crippen LogP contribution is 2.08. The van der Waals surface area contributed by atoms with Crippen LogP contribution < -0.4 is 5.32 Å². The van der Waals surface area contributed by atoms with E-state index in [2.05, 4.69) is 12.2 Å². The summed E-state index contributed by atoms with van der Waals surface area (Å²) in [6, 6.07) is 2.03. The van der Waals surface area contributed by atoms with Crippen LogP contribution in [0, 0.1) is 0 Å². The minimum absolute atomic E-state index is 0.587. The van der Waals surface area contributed by atoms with Crippen molar-refractivity contribution in [3.8, 4) is 0 Å². The van der Waals surface area contributed by atoms with Crippen molar-refractivity contribution in [2.24, 2.45) is 0 Å². The van der Waals surface area contributed by atoms with Gasteiger partial charge in [0.25, 0.3) is 0 Å². The first-order valence-electron chi connectivity index (χ1n) is 5.15. The van der Waals surface area contributed by atoms with Crippen LogP contribution in [0.15, 0.2) is 16.7 Å². The van der Waals surface area contributed by atoms with Gasteiger partial charge in [-0.15, -0.1) is 0 Å². The molecule has 0 aliphatic rings. The topological polar surface area (TPSA) is 34.4 Å². The van der Waals surface area contributed by atoms with E-state index in [1.54, 1.807) is 6.26 Å². The largest absolute Gasteiger partial charge is 0.467 e. The Morgan fingerprint density at radius 3 is 3.07 bits per heavy atom. The Hall–Kier alpha value is -0.800. The van der Waals surface area contributed by atoms with Crippen molar-refractivity contribution in [3.63, 3.8) is 0 Å². The monoisotopic (exact) mass is 197 g/mol. The predicted octanol–water partition coefficient (Wildman–Crippen LogP) is 2.32.